The van der Waals surface area contributed by atoms with Gasteiger partial charge in [-0.15, -0.1) is 0 Å². The number of rotatable bonds is 5. The maximum atomic E-state index is 5.05. The average molecular weight is 256 g/mol. The van der Waals surface area contributed by atoms with Crippen molar-refractivity contribution in [3.8, 4) is 5.88 Å². The summed E-state index contributed by atoms with van der Waals surface area (Å²) in [6.45, 7) is 5.17. The van der Waals surface area contributed by atoms with Crippen LogP contribution in [-0.4, -0.2) is 12.1 Å². The second-order valence-corrected chi connectivity index (χ2v) is 4.80. The van der Waals surface area contributed by atoms with Gasteiger partial charge >= 0.3 is 0 Å². The number of benzene rings is 1. The van der Waals surface area contributed by atoms with Gasteiger partial charge in [-0.05, 0) is 23.1 Å². The van der Waals surface area contributed by atoms with Gasteiger partial charge in [0.05, 0.1) is 7.11 Å². The van der Waals surface area contributed by atoms with E-state index in [0.29, 0.717) is 11.8 Å². The lowest BCUT2D eigenvalue weighted by molar-refractivity contribution is 0.397. The Balaban J connectivity index is 2.05. The van der Waals surface area contributed by atoms with Crippen molar-refractivity contribution in [2.24, 2.45) is 0 Å². The van der Waals surface area contributed by atoms with Crippen LogP contribution in [-0.2, 0) is 6.54 Å². The van der Waals surface area contributed by atoms with E-state index in [1.807, 2.05) is 18.3 Å². The molecule has 0 aliphatic heterocycles. The Morgan fingerprint density at radius 3 is 2.58 bits per heavy atom. The Morgan fingerprint density at radius 2 is 1.95 bits per heavy atom. The third-order valence-electron chi connectivity index (χ3n) is 3.07. The predicted molar refractivity (Wildman–Crippen MR) is 78.6 cm³/mol. The molecule has 0 fully saturated rings. The van der Waals surface area contributed by atoms with E-state index in [2.05, 4.69) is 48.4 Å². The molecule has 0 amide bonds. The molecule has 1 aromatic heterocycles. The lowest BCUT2D eigenvalue weighted by Crippen LogP contribution is -2.03. The molecule has 3 nitrogen and oxygen atoms in total. The first kappa shape index (κ1) is 13.4. The number of pyridine rings is 1. The van der Waals surface area contributed by atoms with E-state index in [4.69, 9.17) is 4.74 Å². The van der Waals surface area contributed by atoms with E-state index in [9.17, 15) is 0 Å². The summed E-state index contributed by atoms with van der Waals surface area (Å²) in [5.41, 5.74) is 3.66. The normalized spacial score (nSPS) is 10.5. The van der Waals surface area contributed by atoms with Crippen molar-refractivity contribution in [1.82, 2.24) is 4.98 Å². The molecule has 2 rings (SSSR count). The van der Waals surface area contributed by atoms with Crippen molar-refractivity contribution in [2.45, 2.75) is 26.3 Å². The second kappa shape index (κ2) is 6.23. The summed E-state index contributed by atoms with van der Waals surface area (Å²) < 4.78 is 5.05. The molecule has 0 spiro atoms. The highest BCUT2D eigenvalue weighted by atomic mass is 16.5. The maximum absolute atomic E-state index is 5.05. The molecule has 19 heavy (non-hydrogen) atoms. The zero-order valence-electron chi connectivity index (χ0n) is 11.7. The van der Waals surface area contributed by atoms with Crippen LogP contribution in [0.1, 0.15) is 30.9 Å². The quantitative estimate of drug-likeness (QED) is 0.883. The van der Waals surface area contributed by atoms with Crippen molar-refractivity contribution >= 4 is 5.69 Å². The van der Waals surface area contributed by atoms with E-state index in [0.717, 1.165) is 12.1 Å². The third-order valence-corrected chi connectivity index (χ3v) is 3.07. The van der Waals surface area contributed by atoms with Crippen LogP contribution in [0.15, 0.2) is 42.6 Å². The van der Waals surface area contributed by atoms with E-state index in [-0.39, 0.29) is 0 Å². The average Bonchev–Trinajstić information content (AvgIpc) is 2.46. The Bertz CT molecular complexity index is 521. The molecule has 3 heteroatoms. The summed E-state index contributed by atoms with van der Waals surface area (Å²) in [7, 11) is 1.62. The summed E-state index contributed by atoms with van der Waals surface area (Å²) in [6.07, 6.45) is 1.84. The highest BCUT2D eigenvalue weighted by Gasteiger charge is 2.05. The number of ether oxygens (including phenoxy) is 1. The number of nitrogens with one attached hydrogen (secondary N) is 1. The maximum Gasteiger partial charge on any atom is 0.212 e. The molecule has 0 saturated carbocycles. The van der Waals surface area contributed by atoms with Crippen molar-refractivity contribution in [3.63, 3.8) is 0 Å². The van der Waals surface area contributed by atoms with Gasteiger partial charge in [0.15, 0.2) is 0 Å². The zero-order valence-corrected chi connectivity index (χ0v) is 11.7. The van der Waals surface area contributed by atoms with Crippen LogP contribution in [0.5, 0.6) is 5.88 Å². The summed E-state index contributed by atoms with van der Waals surface area (Å²) in [5, 5.41) is 3.47. The van der Waals surface area contributed by atoms with Crippen LogP contribution in [0.25, 0.3) is 0 Å². The van der Waals surface area contributed by atoms with Gasteiger partial charge in [0.1, 0.15) is 0 Å². The van der Waals surface area contributed by atoms with Crippen molar-refractivity contribution in [2.75, 3.05) is 12.4 Å². The lowest BCUT2D eigenvalue weighted by Gasteiger charge is -2.14. The summed E-state index contributed by atoms with van der Waals surface area (Å²) in [6, 6.07) is 12.3. The smallest absolute Gasteiger partial charge is 0.212 e. The molecule has 0 aliphatic carbocycles. The second-order valence-electron chi connectivity index (χ2n) is 4.80. The Morgan fingerprint density at radius 1 is 1.16 bits per heavy atom. The standard InChI is InChI=1S/C16H20N2O/c1-12(2)14-6-4-5-7-15(14)17-10-13-8-9-16(19-3)18-11-13/h4-9,11-12,17H,10H2,1-3H3. The van der Waals surface area contributed by atoms with Gasteiger partial charge < -0.3 is 10.1 Å². The van der Waals surface area contributed by atoms with Gasteiger partial charge in [0.2, 0.25) is 5.88 Å². The van der Waals surface area contributed by atoms with Gasteiger partial charge in [-0.3, -0.25) is 0 Å². The topological polar surface area (TPSA) is 34.1 Å². The Hall–Kier alpha value is -2.03. The number of methoxy groups -OCH3 is 1. The molecule has 1 N–H and O–H groups in total. The molecule has 0 aliphatic rings. The van der Waals surface area contributed by atoms with Crippen LogP contribution in [0.3, 0.4) is 0 Å². The number of para-hydroxylation sites is 1. The van der Waals surface area contributed by atoms with Gasteiger partial charge in [0, 0.05) is 24.5 Å². The molecular weight excluding hydrogens is 236 g/mol. The summed E-state index contributed by atoms with van der Waals surface area (Å²) in [5.74, 6) is 1.16. The molecule has 1 heterocycles. The van der Waals surface area contributed by atoms with Gasteiger partial charge in [-0.1, -0.05) is 38.1 Å². The van der Waals surface area contributed by atoms with E-state index >= 15 is 0 Å². The first-order valence-electron chi connectivity index (χ1n) is 6.52. The summed E-state index contributed by atoms with van der Waals surface area (Å²) >= 11 is 0. The summed E-state index contributed by atoms with van der Waals surface area (Å²) in [4.78, 5) is 4.20. The Labute approximate surface area is 114 Å². The number of nitrogens with zero attached hydrogens (tertiary/aromatic N) is 1. The SMILES string of the molecule is COc1ccc(CNc2ccccc2C(C)C)cn1. The predicted octanol–water partition coefficient (Wildman–Crippen LogP) is 3.83. The highest BCUT2D eigenvalue weighted by Crippen LogP contribution is 2.24. The number of hydrogen-bond acceptors (Lipinski definition) is 3. The molecule has 0 atom stereocenters. The largest absolute Gasteiger partial charge is 0.481 e. The van der Waals surface area contributed by atoms with Gasteiger partial charge in [-0.25, -0.2) is 4.98 Å². The molecule has 1 aromatic carbocycles. The fraction of sp³-hybridized carbons (Fsp3) is 0.312. The molecule has 0 unspecified atom stereocenters. The van der Waals surface area contributed by atoms with E-state index in [1.165, 1.54) is 11.3 Å². The fourth-order valence-electron chi connectivity index (χ4n) is 1.99. The molecule has 2 aromatic rings. The first-order chi connectivity index (χ1) is 9.20. The number of anilines is 1. The Kier molecular flexibility index (Phi) is 4.39. The molecule has 0 saturated heterocycles. The van der Waals surface area contributed by atoms with Gasteiger partial charge in [0.25, 0.3) is 0 Å². The molecule has 0 radical (unpaired) electrons. The van der Waals surface area contributed by atoms with Crippen LogP contribution in [0, 0.1) is 0 Å². The van der Waals surface area contributed by atoms with Crippen LogP contribution < -0.4 is 10.1 Å². The zero-order chi connectivity index (χ0) is 13.7. The van der Waals surface area contributed by atoms with Crippen LogP contribution >= 0.6 is 0 Å². The monoisotopic (exact) mass is 256 g/mol. The van der Waals surface area contributed by atoms with Crippen molar-refractivity contribution in [1.29, 1.82) is 0 Å². The fourth-order valence-corrected chi connectivity index (χ4v) is 1.99. The number of hydrogen-bond donors (Lipinski definition) is 1. The van der Waals surface area contributed by atoms with Gasteiger partial charge in [-0.2, -0.15) is 0 Å². The first-order valence-corrected chi connectivity index (χ1v) is 6.52. The number of aromatic nitrogens is 1. The van der Waals surface area contributed by atoms with E-state index < -0.39 is 0 Å². The lowest BCUT2D eigenvalue weighted by atomic mass is 10.0. The minimum Gasteiger partial charge on any atom is -0.481 e. The van der Waals surface area contributed by atoms with Crippen molar-refractivity contribution < 1.29 is 4.74 Å². The third kappa shape index (κ3) is 3.47. The van der Waals surface area contributed by atoms with Crippen molar-refractivity contribution in [3.05, 3.63) is 53.7 Å². The van der Waals surface area contributed by atoms with E-state index in [1.54, 1.807) is 7.11 Å². The minimum absolute atomic E-state index is 0.512. The van der Waals surface area contributed by atoms with Crippen LogP contribution in [0.4, 0.5) is 5.69 Å². The molecule has 0 bridgehead atoms. The molecular formula is C16H20N2O. The van der Waals surface area contributed by atoms with Crippen LogP contribution in [0.2, 0.25) is 0 Å². The minimum atomic E-state index is 0.512. The highest BCUT2D eigenvalue weighted by molar-refractivity contribution is 5.52. The molecule has 100 valence electrons.